The summed E-state index contributed by atoms with van der Waals surface area (Å²) in [5.74, 6) is -0.396. The van der Waals surface area contributed by atoms with Crippen LogP contribution >= 0.6 is 0 Å². The molecule has 2 aromatic heterocycles. The van der Waals surface area contributed by atoms with Crippen molar-refractivity contribution in [3.63, 3.8) is 0 Å². The third kappa shape index (κ3) is 3.51. The molecule has 0 unspecified atom stereocenters. The van der Waals surface area contributed by atoms with E-state index in [1.807, 2.05) is 0 Å². The van der Waals surface area contributed by atoms with Crippen LogP contribution in [0.4, 0.5) is 18.9 Å². The van der Waals surface area contributed by atoms with E-state index in [0.29, 0.717) is 17.2 Å². The van der Waals surface area contributed by atoms with E-state index in [0.717, 1.165) is 6.20 Å². The van der Waals surface area contributed by atoms with Crippen molar-refractivity contribution in [3.05, 3.63) is 71.7 Å². The number of hydrogen-bond donors (Lipinski definition) is 1. The lowest BCUT2D eigenvalue weighted by Gasteiger charge is -2.15. The minimum atomic E-state index is -4.72. The largest absolute Gasteiger partial charge is 0.417 e. The van der Waals surface area contributed by atoms with Gasteiger partial charge in [-0.15, -0.1) is 5.10 Å². The molecule has 29 heavy (non-hydrogen) atoms. The predicted molar refractivity (Wildman–Crippen MR) is 98.6 cm³/mol. The van der Waals surface area contributed by atoms with Gasteiger partial charge < -0.3 is 5.32 Å². The van der Waals surface area contributed by atoms with E-state index >= 15 is 0 Å². The molecule has 0 radical (unpaired) electrons. The lowest BCUT2D eigenvalue weighted by Crippen LogP contribution is -2.20. The van der Waals surface area contributed by atoms with Crippen LogP contribution in [0.1, 0.15) is 21.7 Å². The fraction of sp³-hybridized carbons (Fsp3) is 0.105. The molecule has 0 aliphatic rings. The van der Waals surface area contributed by atoms with Gasteiger partial charge in [0.05, 0.1) is 22.3 Å². The van der Waals surface area contributed by atoms with Crippen LogP contribution in [0.15, 0.2) is 54.7 Å². The Morgan fingerprint density at radius 3 is 2.62 bits per heavy atom. The second kappa shape index (κ2) is 6.97. The van der Waals surface area contributed by atoms with Crippen LogP contribution in [-0.4, -0.2) is 31.1 Å². The molecule has 1 amide bonds. The molecule has 146 valence electrons. The maximum Gasteiger partial charge on any atom is 0.417 e. The summed E-state index contributed by atoms with van der Waals surface area (Å²) in [5, 5.41) is 13.5. The highest BCUT2D eigenvalue weighted by Crippen LogP contribution is 2.37. The fourth-order valence-electron chi connectivity index (χ4n) is 3.00. The molecule has 10 heteroatoms. The van der Waals surface area contributed by atoms with E-state index in [-0.39, 0.29) is 10.9 Å². The number of carbonyl (C=O) groups excluding carboxylic acids is 1. The van der Waals surface area contributed by atoms with Crippen molar-refractivity contribution in [1.29, 1.82) is 0 Å². The lowest BCUT2D eigenvalue weighted by molar-refractivity contribution is -0.136. The first-order valence-electron chi connectivity index (χ1n) is 8.46. The molecule has 4 rings (SSSR count). The van der Waals surface area contributed by atoms with Crippen molar-refractivity contribution < 1.29 is 18.0 Å². The van der Waals surface area contributed by atoms with Gasteiger partial charge >= 0.3 is 6.18 Å². The van der Waals surface area contributed by atoms with Crippen LogP contribution in [-0.2, 0) is 6.18 Å². The van der Waals surface area contributed by atoms with Gasteiger partial charge in [0.2, 0.25) is 0 Å². The number of tetrazole rings is 1. The monoisotopic (exact) mass is 398 g/mol. The number of benzene rings is 2. The van der Waals surface area contributed by atoms with Crippen LogP contribution in [0.5, 0.6) is 0 Å². The number of halogens is 3. The molecule has 0 aliphatic carbocycles. The number of carbonyl (C=O) groups is 1. The van der Waals surface area contributed by atoms with Crippen molar-refractivity contribution in [2.45, 2.75) is 13.1 Å². The number of amides is 1. The molecule has 0 atom stereocenters. The van der Waals surface area contributed by atoms with Crippen molar-refractivity contribution >= 4 is 22.5 Å². The van der Waals surface area contributed by atoms with E-state index in [1.54, 1.807) is 37.3 Å². The normalized spacial score (nSPS) is 11.6. The molecule has 2 heterocycles. The molecule has 0 saturated heterocycles. The maximum absolute atomic E-state index is 13.7. The summed E-state index contributed by atoms with van der Waals surface area (Å²) in [6, 6.07) is 12.3. The van der Waals surface area contributed by atoms with Crippen molar-refractivity contribution in [1.82, 2.24) is 25.2 Å². The molecule has 0 spiro atoms. The highest BCUT2D eigenvalue weighted by Gasteiger charge is 2.37. The molecular weight excluding hydrogens is 385 g/mol. The molecule has 4 aromatic rings. The number of nitrogens with one attached hydrogen (secondary N) is 1. The Bertz CT molecular complexity index is 1220. The summed E-state index contributed by atoms with van der Waals surface area (Å²) in [6.07, 6.45) is -3.78. The molecule has 1 N–H and O–H groups in total. The summed E-state index contributed by atoms with van der Waals surface area (Å²) >= 11 is 0. The van der Waals surface area contributed by atoms with Gasteiger partial charge in [-0.25, -0.2) is 0 Å². The van der Waals surface area contributed by atoms with Crippen LogP contribution in [0.2, 0.25) is 0 Å². The fourth-order valence-corrected chi connectivity index (χ4v) is 3.00. The smallest absolute Gasteiger partial charge is 0.322 e. The Hall–Kier alpha value is -3.82. The minimum absolute atomic E-state index is 0.134. The first-order chi connectivity index (χ1) is 13.8. The SMILES string of the molecule is Cc1nnnn1-c1cccc(NC(=O)c2cnc3ccccc3c2C(F)(F)F)c1. The highest BCUT2D eigenvalue weighted by atomic mass is 19.4. The van der Waals surface area contributed by atoms with E-state index < -0.39 is 23.2 Å². The average Bonchev–Trinajstić information content (AvgIpc) is 3.12. The van der Waals surface area contributed by atoms with Gasteiger partial charge in [0.1, 0.15) is 0 Å². The third-order valence-corrected chi connectivity index (χ3v) is 4.28. The van der Waals surface area contributed by atoms with E-state index in [1.165, 1.54) is 22.9 Å². The van der Waals surface area contributed by atoms with Gasteiger partial charge in [-0.05, 0) is 41.6 Å². The lowest BCUT2D eigenvalue weighted by atomic mass is 10.0. The van der Waals surface area contributed by atoms with E-state index in [2.05, 4.69) is 25.8 Å². The predicted octanol–water partition coefficient (Wildman–Crippen LogP) is 3.79. The van der Waals surface area contributed by atoms with Crippen LogP contribution < -0.4 is 5.32 Å². The van der Waals surface area contributed by atoms with Gasteiger partial charge in [0.25, 0.3) is 5.91 Å². The molecule has 0 aliphatic heterocycles. The van der Waals surface area contributed by atoms with E-state index in [9.17, 15) is 18.0 Å². The first-order valence-corrected chi connectivity index (χ1v) is 8.46. The summed E-state index contributed by atoms with van der Waals surface area (Å²) in [4.78, 5) is 16.7. The zero-order valence-corrected chi connectivity index (χ0v) is 15.0. The quantitative estimate of drug-likeness (QED) is 0.568. The first kappa shape index (κ1) is 18.5. The Morgan fingerprint density at radius 2 is 1.90 bits per heavy atom. The highest BCUT2D eigenvalue weighted by molar-refractivity contribution is 6.08. The van der Waals surface area contributed by atoms with E-state index in [4.69, 9.17) is 0 Å². The number of aromatic nitrogens is 5. The summed E-state index contributed by atoms with van der Waals surface area (Å²) in [5.41, 5.74) is -0.567. The topological polar surface area (TPSA) is 85.6 Å². The van der Waals surface area contributed by atoms with Gasteiger partial charge in [0, 0.05) is 17.3 Å². The number of para-hydroxylation sites is 1. The summed E-state index contributed by atoms with van der Waals surface area (Å²) < 4.78 is 42.7. The Morgan fingerprint density at radius 1 is 1.10 bits per heavy atom. The number of anilines is 1. The van der Waals surface area contributed by atoms with Crippen LogP contribution in [0.3, 0.4) is 0 Å². The summed E-state index contributed by atoms with van der Waals surface area (Å²) in [7, 11) is 0. The molecule has 0 fully saturated rings. The second-order valence-corrected chi connectivity index (χ2v) is 6.20. The van der Waals surface area contributed by atoms with Gasteiger partial charge in [0.15, 0.2) is 5.82 Å². The standard InChI is InChI=1S/C19H13F3N6O/c1-11-25-26-27-28(11)13-6-4-5-12(9-13)24-18(29)15-10-23-16-8-3-2-7-14(16)17(15)19(20,21)22/h2-10H,1H3,(H,24,29). The number of rotatable bonds is 3. The van der Waals surface area contributed by atoms with Crippen molar-refractivity contribution in [3.8, 4) is 5.69 Å². The van der Waals surface area contributed by atoms with Gasteiger partial charge in [-0.3, -0.25) is 9.78 Å². The number of nitrogens with zero attached hydrogens (tertiary/aromatic N) is 5. The molecule has 0 saturated carbocycles. The Balaban J connectivity index is 1.73. The minimum Gasteiger partial charge on any atom is -0.322 e. The zero-order chi connectivity index (χ0) is 20.6. The molecule has 7 nitrogen and oxygen atoms in total. The molecule has 0 bridgehead atoms. The number of aryl methyl sites for hydroxylation is 1. The molecule has 2 aromatic carbocycles. The molecular formula is C19H13F3N6O. The number of pyridine rings is 1. The summed E-state index contributed by atoms with van der Waals surface area (Å²) in [6.45, 7) is 1.70. The number of alkyl halides is 3. The Labute approximate surface area is 162 Å². The Kier molecular flexibility index (Phi) is 4.45. The van der Waals surface area contributed by atoms with Crippen molar-refractivity contribution in [2.75, 3.05) is 5.32 Å². The van der Waals surface area contributed by atoms with Gasteiger partial charge in [-0.1, -0.05) is 24.3 Å². The second-order valence-electron chi connectivity index (χ2n) is 6.20. The maximum atomic E-state index is 13.7. The third-order valence-electron chi connectivity index (χ3n) is 4.28. The number of fused-ring (bicyclic) bond motifs is 1. The van der Waals surface area contributed by atoms with Gasteiger partial charge in [-0.2, -0.15) is 17.9 Å². The van der Waals surface area contributed by atoms with Crippen LogP contribution in [0.25, 0.3) is 16.6 Å². The number of hydrogen-bond acceptors (Lipinski definition) is 5. The zero-order valence-electron chi connectivity index (χ0n) is 15.0. The van der Waals surface area contributed by atoms with Crippen molar-refractivity contribution in [2.24, 2.45) is 0 Å². The van der Waals surface area contributed by atoms with Crippen LogP contribution in [0, 0.1) is 6.92 Å². The average molecular weight is 398 g/mol.